The van der Waals surface area contributed by atoms with Crippen molar-refractivity contribution in [3.05, 3.63) is 53.2 Å². The van der Waals surface area contributed by atoms with Crippen molar-refractivity contribution in [2.75, 3.05) is 20.2 Å². The fourth-order valence-corrected chi connectivity index (χ4v) is 5.01. The van der Waals surface area contributed by atoms with Crippen molar-refractivity contribution in [3.8, 4) is 5.88 Å². The topological polar surface area (TPSA) is 99.7 Å². The number of carbonyl (C=O) groups is 1. The molecule has 0 amide bonds. The average Bonchev–Trinajstić information content (AvgIpc) is 2.84. The molecule has 7 nitrogen and oxygen atoms in total. The normalized spacial score (nSPS) is 26.2. The second-order valence-electron chi connectivity index (χ2n) is 8.44. The van der Waals surface area contributed by atoms with E-state index in [4.69, 9.17) is 10.5 Å². The summed E-state index contributed by atoms with van der Waals surface area (Å²) in [5.41, 5.74) is 4.35. The second kappa shape index (κ2) is 9.94. The van der Waals surface area contributed by atoms with Crippen LogP contribution < -0.4 is 10.5 Å². The maximum absolute atomic E-state index is 15.1. The number of aliphatic imine (C=N–C) groups is 1. The van der Waals surface area contributed by atoms with E-state index in [9.17, 15) is 18.0 Å². The highest BCUT2D eigenvalue weighted by molar-refractivity contribution is 5.95. The maximum atomic E-state index is 15.1. The number of fused-ring (bicyclic) bond motifs is 1. The molecule has 1 aromatic heterocycles. The number of rotatable bonds is 8. The average molecular weight is 480 g/mol. The van der Waals surface area contributed by atoms with Crippen molar-refractivity contribution in [1.29, 1.82) is 0 Å². The molecule has 1 aliphatic heterocycles. The number of hydrogen-bond donors (Lipinski definition) is 1. The lowest BCUT2D eigenvalue weighted by molar-refractivity contribution is -0.0415. The minimum absolute atomic E-state index is 0.00421. The summed E-state index contributed by atoms with van der Waals surface area (Å²) in [6.07, 6.45) is 3.18. The van der Waals surface area contributed by atoms with Gasteiger partial charge in [0, 0.05) is 17.9 Å². The Bertz CT molecular complexity index is 1070. The van der Waals surface area contributed by atoms with Gasteiger partial charge in [0.15, 0.2) is 5.78 Å². The highest BCUT2D eigenvalue weighted by Crippen LogP contribution is 2.50. The number of Topliss-reactive ketones (excluding diaryl/α,β-unsaturated/α-hetero) is 1. The number of halogens is 4. The number of alkyl halides is 3. The molecule has 1 aromatic carbocycles. The molecule has 2 aromatic rings. The minimum atomic E-state index is -1.77. The summed E-state index contributed by atoms with van der Waals surface area (Å²) in [6.45, 7) is -2.91. The summed E-state index contributed by atoms with van der Waals surface area (Å²) in [5.74, 6) is -2.58. The minimum Gasteiger partial charge on any atom is -0.462 e. The number of aromatic nitrogens is 2. The van der Waals surface area contributed by atoms with E-state index in [1.165, 1.54) is 12.1 Å². The summed E-state index contributed by atoms with van der Waals surface area (Å²) in [4.78, 5) is 24.6. The van der Waals surface area contributed by atoms with Crippen molar-refractivity contribution < 1.29 is 31.8 Å². The number of hydrogen-bond acceptors (Lipinski definition) is 7. The Morgan fingerprint density at radius 3 is 2.71 bits per heavy atom. The number of carbonyl (C=O) groups excluding carboxylic acids is 1. The molecule has 0 spiro atoms. The number of benzene rings is 1. The highest BCUT2D eigenvalue weighted by atomic mass is 19.1. The summed E-state index contributed by atoms with van der Waals surface area (Å²) in [5, 5.41) is 0. The van der Waals surface area contributed by atoms with Crippen molar-refractivity contribution in [1.82, 2.24) is 9.97 Å². The number of nitrogens with zero attached hydrogens (tertiary/aromatic N) is 3. The highest BCUT2D eigenvalue weighted by Gasteiger charge is 2.54. The van der Waals surface area contributed by atoms with Crippen LogP contribution in [0.3, 0.4) is 0 Å². The summed E-state index contributed by atoms with van der Waals surface area (Å²) in [7, 11) is 0. The van der Waals surface area contributed by atoms with Gasteiger partial charge < -0.3 is 15.2 Å². The zero-order valence-corrected chi connectivity index (χ0v) is 18.2. The van der Waals surface area contributed by atoms with Gasteiger partial charge in [-0.25, -0.2) is 28.1 Å². The summed E-state index contributed by atoms with van der Waals surface area (Å²) >= 11 is 0. The Morgan fingerprint density at radius 1 is 1.21 bits per heavy atom. The van der Waals surface area contributed by atoms with E-state index < -0.39 is 55.3 Å². The first kappa shape index (κ1) is 23.9. The first-order valence-electron chi connectivity index (χ1n) is 10.9. The van der Waals surface area contributed by atoms with Gasteiger partial charge in [-0.2, -0.15) is 0 Å². The van der Waals surface area contributed by atoms with E-state index in [1.807, 2.05) is 0 Å². The van der Waals surface area contributed by atoms with Gasteiger partial charge in [0.1, 0.15) is 29.8 Å². The van der Waals surface area contributed by atoms with Crippen LogP contribution >= 0.6 is 0 Å². The fraction of sp³-hybridized carbons (Fsp3) is 0.478. The summed E-state index contributed by atoms with van der Waals surface area (Å²) < 4.78 is 66.2. The van der Waals surface area contributed by atoms with Crippen LogP contribution in [0.5, 0.6) is 5.88 Å². The predicted octanol–water partition coefficient (Wildman–Crippen LogP) is 3.61. The first-order chi connectivity index (χ1) is 16.4. The van der Waals surface area contributed by atoms with E-state index in [1.54, 1.807) is 0 Å². The molecule has 2 heterocycles. The van der Waals surface area contributed by atoms with Gasteiger partial charge in [-0.15, -0.1) is 0 Å². The smallest absolute Gasteiger partial charge is 0.283 e. The largest absolute Gasteiger partial charge is 0.462 e. The van der Waals surface area contributed by atoms with Crippen LogP contribution in [0.15, 0.2) is 35.6 Å². The van der Waals surface area contributed by atoms with Gasteiger partial charge in [-0.05, 0) is 42.9 Å². The summed E-state index contributed by atoms with van der Waals surface area (Å²) in [6, 6.07) is 3.62. The molecule has 0 saturated heterocycles. The van der Waals surface area contributed by atoms with E-state index in [0.717, 1.165) is 18.5 Å². The zero-order chi connectivity index (χ0) is 24.3. The third kappa shape index (κ3) is 4.43. The van der Waals surface area contributed by atoms with Gasteiger partial charge in [-0.3, -0.25) is 9.18 Å². The van der Waals surface area contributed by atoms with E-state index in [-0.39, 0.29) is 29.6 Å². The molecule has 4 atom stereocenters. The van der Waals surface area contributed by atoms with Crippen LogP contribution in [0.1, 0.15) is 40.9 Å². The lowest BCUT2D eigenvalue weighted by Crippen LogP contribution is -2.55. The SMILES string of the molecule is NC1=N[C@](CF)(c2cc(CC(=O)c3cnc(OCF)cn3)ccc2F)[C@H]2[C@H](CF)CCC[C@H]2O1. The fourth-order valence-electron chi connectivity index (χ4n) is 5.01. The Hall–Kier alpha value is -3.24. The molecule has 1 aliphatic carbocycles. The Labute approximate surface area is 193 Å². The lowest BCUT2D eigenvalue weighted by Gasteiger charge is -2.48. The van der Waals surface area contributed by atoms with Crippen LogP contribution in [0, 0.1) is 17.7 Å². The second-order valence-corrected chi connectivity index (χ2v) is 8.44. The molecule has 0 unspecified atom stereocenters. The molecule has 1 fully saturated rings. The molecule has 34 heavy (non-hydrogen) atoms. The molecule has 0 bridgehead atoms. The first-order valence-corrected chi connectivity index (χ1v) is 10.9. The van der Waals surface area contributed by atoms with Crippen molar-refractivity contribution in [2.45, 2.75) is 37.3 Å². The Morgan fingerprint density at radius 2 is 2.03 bits per heavy atom. The Balaban J connectivity index is 1.68. The number of nitrogens with two attached hydrogens (primary N) is 1. The number of ketones is 1. The van der Waals surface area contributed by atoms with Crippen molar-refractivity contribution >= 4 is 11.8 Å². The number of amidine groups is 1. The molecule has 2 N–H and O–H groups in total. The van der Waals surface area contributed by atoms with E-state index >= 15 is 4.39 Å². The molecule has 2 aliphatic rings. The van der Waals surface area contributed by atoms with Crippen LogP contribution in [0.4, 0.5) is 17.6 Å². The van der Waals surface area contributed by atoms with Crippen LogP contribution in [-0.4, -0.2) is 48.1 Å². The van der Waals surface area contributed by atoms with E-state index in [2.05, 4.69) is 19.7 Å². The lowest BCUT2D eigenvalue weighted by atomic mass is 9.64. The van der Waals surface area contributed by atoms with Gasteiger partial charge in [0.25, 0.3) is 6.02 Å². The van der Waals surface area contributed by atoms with Crippen molar-refractivity contribution in [3.63, 3.8) is 0 Å². The van der Waals surface area contributed by atoms with Gasteiger partial charge in [0.05, 0.1) is 19.1 Å². The molecule has 4 rings (SSSR count). The third-order valence-electron chi connectivity index (χ3n) is 6.49. The molecule has 0 radical (unpaired) electrons. The van der Waals surface area contributed by atoms with Crippen molar-refractivity contribution in [2.24, 2.45) is 22.6 Å². The molecular formula is C23H24F4N4O3. The maximum Gasteiger partial charge on any atom is 0.283 e. The quantitative estimate of drug-likeness (QED) is 0.458. The molecule has 11 heteroatoms. The van der Waals surface area contributed by atoms with Gasteiger partial charge >= 0.3 is 0 Å². The third-order valence-corrected chi connectivity index (χ3v) is 6.49. The van der Waals surface area contributed by atoms with Crippen LogP contribution in [-0.2, 0) is 16.7 Å². The predicted molar refractivity (Wildman–Crippen MR) is 114 cm³/mol. The van der Waals surface area contributed by atoms with Crippen LogP contribution in [0.25, 0.3) is 0 Å². The molecule has 1 saturated carbocycles. The Kier molecular flexibility index (Phi) is 6.99. The van der Waals surface area contributed by atoms with E-state index in [0.29, 0.717) is 24.8 Å². The monoisotopic (exact) mass is 480 g/mol. The van der Waals surface area contributed by atoms with Crippen LogP contribution in [0.2, 0.25) is 0 Å². The standard InChI is InChI=1S/C23H24F4N4O3/c24-8-14-2-1-3-19-21(14)23(11-25,31-22(28)34-19)15-6-13(4-5-16(15)27)7-18(32)17-9-30-20(10-29-17)33-12-26/h4-6,9-10,14,19,21H,1-3,7-8,11-12H2,(H2,28,31)/t14-,19+,21-,23+/m0/s1. The molecular weight excluding hydrogens is 456 g/mol. The number of ether oxygens (including phenoxy) is 2. The zero-order valence-electron chi connectivity index (χ0n) is 18.2. The molecule has 182 valence electrons. The van der Waals surface area contributed by atoms with Gasteiger partial charge in [-0.1, -0.05) is 6.07 Å². The van der Waals surface area contributed by atoms with Gasteiger partial charge in [0.2, 0.25) is 12.7 Å².